The molecule has 4 rings (SSSR count). The summed E-state index contributed by atoms with van der Waals surface area (Å²) in [7, 11) is 1.48. The lowest BCUT2D eigenvalue weighted by atomic mass is 9.97. The maximum absolute atomic E-state index is 12.2. The molecule has 0 unspecified atom stereocenters. The number of hydrogen-bond acceptors (Lipinski definition) is 8. The summed E-state index contributed by atoms with van der Waals surface area (Å²) in [5.74, 6) is 1.23. The Balaban J connectivity index is 0.000000330. The fourth-order valence-electron chi connectivity index (χ4n) is 3.30. The second-order valence-corrected chi connectivity index (χ2v) is 7.31. The van der Waals surface area contributed by atoms with Crippen molar-refractivity contribution in [2.24, 2.45) is 5.73 Å². The van der Waals surface area contributed by atoms with Crippen molar-refractivity contribution < 1.29 is 4.74 Å². The van der Waals surface area contributed by atoms with Crippen LogP contribution in [0.2, 0.25) is 0 Å². The van der Waals surface area contributed by atoms with Crippen molar-refractivity contribution in [2.45, 2.75) is 45.1 Å². The van der Waals surface area contributed by atoms with Crippen LogP contribution in [-0.4, -0.2) is 38.3 Å². The number of aromatic amines is 2. The number of aryl methyl sites for hydroxylation is 1. The number of nitrogens with one attached hydrogen (secondary N) is 3. The molecular formula is C21H26N8O2. The van der Waals surface area contributed by atoms with Crippen LogP contribution in [0, 0.1) is 18.3 Å². The van der Waals surface area contributed by atoms with Crippen LogP contribution in [0.5, 0.6) is 5.88 Å². The van der Waals surface area contributed by atoms with Crippen LogP contribution < -0.4 is 21.2 Å². The van der Waals surface area contributed by atoms with Gasteiger partial charge in [-0.15, -0.1) is 0 Å². The molecule has 0 amide bonds. The van der Waals surface area contributed by atoms with E-state index in [0.29, 0.717) is 40.5 Å². The van der Waals surface area contributed by atoms with E-state index in [-0.39, 0.29) is 11.1 Å². The van der Waals surface area contributed by atoms with Crippen LogP contribution in [0.25, 0.3) is 11.3 Å². The predicted octanol–water partition coefficient (Wildman–Crippen LogP) is 2.77. The van der Waals surface area contributed by atoms with E-state index in [1.807, 2.05) is 6.07 Å². The Labute approximate surface area is 179 Å². The van der Waals surface area contributed by atoms with Gasteiger partial charge in [-0.1, -0.05) is 19.3 Å². The van der Waals surface area contributed by atoms with Crippen molar-refractivity contribution in [1.82, 2.24) is 25.1 Å². The third-order valence-corrected chi connectivity index (χ3v) is 4.86. The summed E-state index contributed by atoms with van der Waals surface area (Å²) in [6.45, 7) is 1.78. The lowest BCUT2D eigenvalue weighted by molar-refractivity contribution is 0.398. The van der Waals surface area contributed by atoms with E-state index >= 15 is 0 Å². The Hall–Kier alpha value is -3.71. The number of aromatic nitrogens is 5. The highest BCUT2D eigenvalue weighted by molar-refractivity contribution is 5.68. The van der Waals surface area contributed by atoms with Crippen molar-refractivity contribution >= 4 is 11.6 Å². The van der Waals surface area contributed by atoms with Gasteiger partial charge in [0.1, 0.15) is 17.5 Å². The fourth-order valence-corrected chi connectivity index (χ4v) is 3.30. The smallest absolute Gasteiger partial charge is 0.204 e. The van der Waals surface area contributed by atoms with Gasteiger partial charge in [0.2, 0.25) is 5.88 Å². The average Bonchev–Trinajstić information content (AvgIpc) is 3.22. The van der Waals surface area contributed by atoms with Crippen LogP contribution in [0.4, 0.5) is 11.6 Å². The van der Waals surface area contributed by atoms with Gasteiger partial charge in [-0.2, -0.15) is 10.4 Å². The molecular weight excluding hydrogens is 396 g/mol. The summed E-state index contributed by atoms with van der Waals surface area (Å²) in [4.78, 5) is 23.2. The highest BCUT2D eigenvalue weighted by Gasteiger charge is 2.15. The van der Waals surface area contributed by atoms with Gasteiger partial charge < -0.3 is 20.8 Å². The molecule has 162 valence electrons. The molecule has 0 aromatic carbocycles. The minimum absolute atomic E-state index is 0.184. The molecule has 3 aromatic heterocycles. The first-order chi connectivity index (χ1) is 15.0. The number of nitrogens with zero attached hydrogens (tertiary/aromatic N) is 4. The lowest BCUT2D eigenvalue weighted by Crippen LogP contribution is -2.22. The molecule has 1 aliphatic rings. The lowest BCUT2D eigenvalue weighted by Gasteiger charge is -2.15. The van der Waals surface area contributed by atoms with E-state index in [1.165, 1.54) is 57.7 Å². The largest absolute Gasteiger partial charge is 0.482 e. The summed E-state index contributed by atoms with van der Waals surface area (Å²) < 4.78 is 5.24. The Morgan fingerprint density at radius 3 is 2.55 bits per heavy atom. The Bertz CT molecular complexity index is 1090. The van der Waals surface area contributed by atoms with Crippen molar-refractivity contribution in [1.29, 1.82) is 5.26 Å². The molecule has 0 aliphatic heterocycles. The summed E-state index contributed by atoms with van der Waals surface area (Å²) in [6.07, 6.45) is 9.44. The molecule has 31 heavy (non-hydrogen) atoms. The molecule has 5 N–H and O–H groups in total. The molecule has 1 aliphatic carbocycles. The molecule has 10 nitrogen and oxygen atoms in total. The molecule has 0 saturated heterocycles. The van der Waals surface area contributed by atoms with E-state index in [2.05, 4.69) is 30.5 Å². The number of anilines is 2. The molecule has 0 bridgehead atoms. The second kappa shape index (κ2) is 10.4. The SMILES string of the molecule is COc1[nH]c(C)cc(=O)c1-c1cc(Nc2cnc(C#N)cn2)n[nH]1.NC1CCCCC1. The maximum Gasteiger partial charge on any atom is 0.204 e. The predicted molar refractivity (Wildman–Crippen MR) is 117 cm³/mol. The average molecular weight is 422 g/mol. The van der Waals surface area contributed by atoms with Crippen LogP contribution in [-0.2, 0) is 0 Å². The number of H-pyrrole nitrogens is 2. The minimum Gasteiger partial charge on any atom is -0.482 e. The number of pyridine rings is 1. The molecule has 1 saturated carbocycles. The third kappa shape index (κ3) is 5.90. The van der Waals surface area contributed by atoms with Gasteiger partial charge in [-0.3, -0.25) is 9.89 Å². The first kappa shape index (κ1) is 22.0. The molecule has 0 radical (unpaired) electrons. The van der Waals surface area contributed by atoms with E-state index in [9.17, 15) is 4.79 Å². The summed E-state index contributed by atoms with van der Waals surface area (Å²) in [5.41, 5.74) is 7.23. The minimum atomic E-state index is -0.184. The maximum atomic E-state index is 12.2. The number of methoxy groups -OCH3 is 1. The number of ether oxygens (including phenoxy) is 1. The van der Waals surface area contributed by atoms with Crippen molar-refractivity contribution in [3.05, 3.63) is 46.1 Å². The second-order valence-electron chi connectivity index (χ2n) is 7.31. The van der Waals surface area contributed by atoms with Crippen LogP contribution in [0.1, 0.15) is 43.5 Å². The quantitative estimate of drug-likeness (QED) is 0.499. The van der Waals surface area contributed by atoms with Gasteiger partial charge in [-0.05, 0) is 19.8 Å². The first-order valence-electron chi connectivity index (χ1n) is 10.1. The van der Waals surface area contributed by atoms with Gasteiger partial charge in [0.15, 0.2) is 16.9 Å². The van der Waals surface area contributed by atoms with Gasteiger partial charge in [0.25, 0.3) is 0 Å². The molecule has 1 fully saturated rings. The number of rotatable bonds is 4. The van der Waals surface area contributed by atoms with Crippen LogP contribution in [0.15, 0.2) is 29.3 Å². The normalized spacial score (nSPS) is 13.6. The van der Waals surface area contributed by atoms with E-state index in [1.54, 1.807) is 13.0 Å². The fraction of sp³-hybridized carbons (Fsp3) is 0.381. The van der Waals surface area contributed by atoms with Crippen LogP contribution >= 0.6 is 0 Å². The third-order valence-electron chi connectivity index (χ3n) is 4.86. The summed E-state index contributed by atoms with van der Waals surface area (Å²) in [6, 6.07) is 5.57. The van der Waals surface area contributed by atoms with Crippen molar-refractivity contribution in [3.63, 3.8) is 0 Å². The standard InChI is InChI=1S/C15H13N7O2.C6H13N/c1-8-3-11(23)14(15(19-8)24-2)10-4-12(22-21-10)20-13-7-17-9(5-16)6-18-13;7-6-4-2-1-3-5-6/h3-4,6-7H,1-2H3,(H,19,23)(H2,18,20,21,22);6H,1-5,7H2. The number of hydrogen-bond donors (Lipinski definition) is 4. The topological polar surface area (TPSA) is 158 Å². The van der Waals surface area contributed by atoms with Gasteiger partial charge >= 0.3 is 0 Å². The Kier molecular flexibility index (Phi) is 7.35. The molecule has 10 heteroatoms. The molecule has 0 spiro atoms. The monoisotopic (exact) mass is 422 g/mol. The van der Waals surface area contributed by atoms with Crippen LogP contribution in [0.3, 0.4) is 0 Å². The van der Waals surface area contributed by atoms with E-state index < -0.39 is 0 Å². The van der Waals surface area contributed by atoms with Gasteiger partial charge in [0, 0.05) is 23.9 Å². The zero-order valence-electron chi connectivity index (χ0n) is 17.6. The highest BCUT2D eigenvalue weighted by Crippen LogP contribution is 2.25. The number of nitriles is 1. The first-order valence-corrected chi connectivity index (χ1v) is 10.1. The van der Waals surface area contributed by atoms with Crippen molar-refractivity contribution in [3.8, 4) is 23.2 Å². The van der Waals surface area contributed by atoms with Gasteiger partial charge in [-0.25, -0.2) is 9.97 Å². The zero-order chi connectivity index (χ0) is 22.2. The summed E-state index contributed by atoms with van der Waals surface area (Å²) >= 11 is 0. The Morgan fingerprint density at radius 1 is 1.19 bits per heavy atom. The molecule has 3 aromatic rings. The van der Waals surface area contributed by atoms with Crippen molar-refractivity contribution in [2.75, 3.05) is 12.4 Å². The molecule has 3 heterocycles. The van der Waals surface area contributed by atoms with E-state index in [4.69, 9.17) is 15.7 Å². The van der Waals surface area contributed by atoms with Gasteiger partial charge in [0.05, 0.1) is 25.2 Å². The van der Waals surface area contributed by atoms with E-state index in [0.717, 1.165) is 0 Å². The Morgan fingerprint density at radius 2 is 1.97 bits per heavy atom. The summed E-state index contributed by atoms with van der Waals surface area (Å²) in [5, 5.41) is 18.5. The molecule has 0 atom stereocenters. The zero-order valence-corrected chi connectivity index (χ0v) is 17.6. The number of nitrogens with two attached hydrogens (primary N) is 1. The highest BCUT2D eigenvalue weighted by atomic mass is 16.5.